The normalized spacial score (nSPS) is 11.1. The lowest BCUT2D eigenvalue weighted by molar-refractivity contribution is -0.385. The highest BCUT2D eigenvalue weighted by Gasteiger charge is 2.12. The number of hydrogen-bond donors (Lipinski definition) is 0. The van der Waals surface area contributed by atoms with E-state index in [1.807, 2.05) is 13.3 Å². The molecule has 15 heavy (non-hydrogen) atoms. The molecule has 0 atom stereocenters. The third-order valence-corrected chi connectivity index (χ3v) is 2.56. The Labute approximate surface area is 93.5 Å². The van der Waals surface area contributed by atoms with Gasteiger partial charge in [-0.25, -0.2) is 0 Å². The Morgan fingerprint density at radius 2 is 2.07 bits per heavy atom. The summed E-state index contributed by atoms with van der Waals surface area (Å²) in [5.74, 6) is 0.603. The average Bonchev–Trinajstić information content (AvgIpc) is 1.99. The Balaban J connectivity index is 3.02. The Morgan fingerprint density at radius 1 is 1.47 bits per heavy atom. The van der Waals surface area contributed by atoms with Crippen LogP contribution in [0.5, 0.6) is 5.75 Å². The average molecular weight is 245 g/mol. The smallest absolute Gasteiger partial charge is 0.272 e. The Hall–Kier alpha value is -0.930. The summed E-state index contributed by atoms with van der Waals surface area (Å²) in [5, 5.41) is 10.6. The van der Waals surface area contributed by atoms with E-state index in [-0.39, 0.29) is 5.69 Å². The van der Waals surface area contributed by atoms with Gasteiger partial charge in [0.1, 0.15) is 12.0 Å². The van der Waals surface area contributed by atoms with Gasteiger partial charge in [0, 0.05) is 11.6 Å². The van der Waals surface area contributed by atoms with E-state index in [4.69, 9.17) is 16.3 Å². The predicted octanol–water partition coefficient (Wildman–Crippen LogP) is 2.94. The molecule has 0 N–H and O–H groups in total. The van der Waals surface area contributed by atoms with Gasteiger partial charge in [-0.05, 0) is 32.4 Å². The van der Waals surface area contributed by atoms with Gasteiger partial charge in [-0.3, -0.25) is 10.1 Å². The van der Waals surface area contributed by atoms with E-state index in [1.54, 1.807) is 19.1 Å². The third kappa shape index (κ3) is 3.61. The maximum absolute atomic E-state index is 10.6. The summed E-state index contributed by atoms with van der Waals surface area (Å²) in [6, 6.07) is 4.67. The Morgan fingerprint density at radius 3 is 2.47 bits per heavy atom. The van der Waals surface area contributed by atoms with E-state index in [9.17, 15) is 10.1 Å². The number of benzene rings is 1. The molecular weight excluding hydrogens is 233 g/mol. The SMILES string of the molecule is Cc1cc(OP(C)(C)=S)ccc1[N+](=O)[O-]. The molecule has 0 saturated carbocycles. The fourth-order valence-electron chi connectivity index (χ4n) is 1.14. The van der Waals surface area contributed by atoms with Crippen molar-refractivity contribution in [3.63, 3.8) is 0 Å². The van der Waals surface area contributed by atoms with Crippen LogP contribution >= 0.6 is 6.26 Å². The zero-order valence-corrected chi connectivity index (χ0v) is 10.5. The van der Waals surface area contributed by atoms with Gasteiger partial charge in [-0.2, -0.15) is 0 Å². The molecule has 0 saturated heterocycles. The van der Waals surface area contributed by atoms with Crippen LogP contribution in [0.4, 0.5) is 5.69 Å². The summed E-state index contributed by atoms with van der Waals surface area (Å²) in [6.45, 7) is 5.40. The van der Waals surface area contributed by atoms with Crippen molar-refractivity contribution in [2.45, 2.75) is 6.92 Å². The molecule has 0 aliphatic carbocycles. The fraction of sp³-hybridized carbons (Fsp3) is 0.333. The lowest BCUT2D eigenvalue weighted by Gasteiger charge is -2.13. The molecule has 0 unspecified atom stereocenters. The lowest BCUT2D eigenvalue weighted by atomic mass is 10.2. The number of hydrogen-bond acceptors (Lipinski definition) is 4. The first kappa shape index (κ1) is 12.1. The molecule has 82 valence electrons. The number of nitrogens with zero attached hydrogens (tertiary/aromatic N) is 1. The van der Waals surface area contributed by atoms with Crippen LogP contribution in [0.2, 0.25) is 0 Å². The summed E-state index contributed by atoms with van der Waals surface area (Å²) in [6.07, 6.45) is -1.78. The first-order valence-electron chi connectivity index (χ1n) is 4.29. The topological polar surface area (TPSA) is 52.4 Å². The van der Waals surface area contributed by atoms with Crippen LogP contribution < -0.4 is 4.52 Å². The molecule has 0 aromatic heterocycles. The summed E-state index contributed by atoms with van der Waals surface area (Å²) in [5.41, 5.74) is 0.684. The van der Waals surface area contributed by atoms with Gasteiger partial charge in [0.05, 0.1) is 4.92 Å². The lowest BCUT2D eigenvalue weighted by Crippen LogP contribution is -1.93. The summed E-state index contributed by atoms with van der Waals surface area (Å²) in [7, 11) is 0. The fourth-order valence-corrected chi connectivity index (χ4v) is 2.02. The highest BCUT2D eigenvalue weighted by atomic mass is 32.4. The van der Waals surface area contributed by atoms with Gasteiger partial charge in [0.25, 0.3) is 5.69 Å². The highest BCUT2D eigenvalue weighted by molar-refractivity contribution is 8.11. The van der Waals surface area contributed by atoms with Gasteiger partial charge in [-0.15, -0.1) is 0 Å². The van der Waals surface area contributed by atoms with E-state index in [2.05, 4.69) is 0 Å². The van der Waals surface area contributed by atoms with Crippen molar-refractivity contribution in [3.05, 3.63) is 33.9 Å². The molecule has 0 aliphatic heterocycles. The van der Waals surface area contributed by atoms with Gasteiger partial charge in [0.2, 0.25) is 0 Å². The molecule has 0 heterocycles. The minimum absolute atomic E-state index is 0.0999. The van der Waals surface area contributed by atoms with E-state index in [1.165, 1.54) is 6.07 Å². The van der Waals surface area contributed by atoms with Crippen LogP contribution in [0, 0.1) is 17.0 Å². The Bertz CT molecular complexity index is 441. The quantitative estimate of drug-likeness (QED) is 0.466. The summed E-state index contributed by atoms with van der Waals surface area (Å²) in [4.78, 5) is 10.2. The predicted molar refractivity (Wildman–Crippen MR) is 64.6 cm³/mol. The van der Waals surface area contributed by atoms with Crippen LogP contribution in [0.1, 0.15) is 5.56 Å². The van der Waals surface area contributed by atoms with Crippen molar-refractivity contribution in [3.8, 4) is 5.75 Å². The number of aryl methyl sites for hydroxylation is 1. The molecule has 0 aliphatic rings. The molecule has 4 nitrogen and oxygen atoms in total. The van der Waals surface area contributed by atoms with Crippen molar-refractivity contribution in [1.29, 1.82) is 0 Å². The zero-order valence-electron chi connectivity index (χ0n) is 8.76. The van der Waals surface area contributed by atoms with Gasteiger partial charge in [-0.1, -0.05) is 11.8 Å². The van der Waals surface area contributed by atoms with Crippen molar-refractivity contribution in [2.24, 2.45) is 0 Å². The first-order valence-corrected chi connectivity index (χ1v) is 7.91. The Kier molecular flexibility index (Phi) is 3.47. The van der Waals surface area contributed by atoms with Gasteiger partial charge < -0.3 is 4.52 Å². The largest absolute Gasteiger partial charge is 0.467 e. The second-order valence-electron chi connectivity index (χ2n) is 3.55. The second-order valence-corrected chi connectivity index (χ2v) is 8.87. The zero-order chi connectivity index (χ0) is 11.6. The number of nitro groups is 1. The highest BCUT2D eigenvalue weighted by Crippen LogP contribution is 2.40. The second kappa shape index (κ2) is 4.29. The van der Waals surface area contributed by atoms with Crippen LogP contribution in [-0.4, -0.2) is 18.3 Å². The summed E-state index contributed by atoms with van der Waals surface area (Å²) < 4.78 is 5.52. The molecule has 1 aromatic rings. The minimum atomic E-state index is -1.78. The van der Waals surface area contributed by atoms with E-state index >= 15 is 0 Å². The minimum Gasteiger partial charge on any atom is -0.467 e. The van der Waals surface area contributed by atoms with Crippen LogP contribution in [-0.2, 0) is 11.8 Å². The molecular formula is C9H12NO3PS. The number of nitro benzene ring substituents is 1. The van der Waals surface area contributed by atoms with Crippen molar-refractivity contribution in [2.75, 3.05) is 13.3 Å². The van der Waals surface area contributed by atoms with Crippen molar-refractivity contribution >= 4 is 23.8 Å². The molecule has 1 rings (SSSR count). The standard InChI is InChI=1S/C9H12NO3PS/c1-7-6-8(13-14(2,3)15)4-5-9(7)10(11)12/h4-6H,1-3H3. The molecule has 0 radical (unpaired) electrons. The molecule has 0 bridgehead atoms. The maximum atomic E-state index is 10.6. The maximum Gasteiger partial charge on any atom is 0.272 e. The molecule has 0 spiro atoms. The summed E-state index contributed by atoms with van der Waals surface area (Å²) >= 11 is 5.15. The number of rotatable bonds is 3. The van der Waals surface area contributed by atoms with E-state index in [0.717, 1.165) is 0 Å². The molecule has 0 amide bonds. The third-order valence-electron chi connectivity index (χ3n) is 1.69. The van der Waals surface area contributed by atoms with E-state index in [0.29, 0.717) is 11.3 Å². The van der Waals surface area contributed by atoms with Crippen molar-refractivity contribution < 1.29 is 9.45 Å². The van der Waals surface area contributed by atoms with Crippen LogP contribution in [0.15, 0.2) is 18.2 Å². The van der Waals surface area contributed by atoms with Crippen LogP contribution in [0.25, 0.3) is 0 Å². The monoisotopic (exact) mass is 245 g/mol. The van der Waals surface area contributed by atoms with Gasteiger partial charge >= 0.3 is 0 Å². The molecule has 6 heteroatoms. The van der Waals surface area contributed by atoms with Crippen LogP contribution in [0.3, 0.4) is 0 Å². The first-order chi connectivity index (χ1) is 6.79. The van der Waals surface area contributed by atoms with Crippen molar-refractivity contribution in [1.82, 2.24) is 0 Å². The molecule has 1 aromatic carbocycles. The molecule has 0 fully saturated rings. The van der Waals surface area contributed by atoms with Gasteiger partial charge in [0.15, 0.2) is 0 Å². The van der Waals surface area contributed by atoms with E-state index < -0.39 is 11.2 Å².